The summed E-state index contributed by atoms with van der Waals surface area (Å²) < 4.78 is 18.6. The molecule has 1 atom stereocenters. The topological polar surface area (TPSA) is 69.8 Å². The molecule has 1 saturated heterocycles. The molecule has 0 spiro atoms. The minimum Gasteiger partial charge on any atom is -0.391 e. The monoisotopic (exact) mass is 373 g/mol. The van der Waals surface area contributed by atoms with Crippen molar-refractivity contribution < 1.29 is 18.8 Å². The number of piperidine rings is 1. The normalized spacial score (nSPS) is 18.5. The molecule has 1 aliphatic rings. The Balaban J connectivity index is 1.55. The molecule has 27 heavy (non-hydrogen) atoms. The molecular weight excluding hydrogens is 348 g/mol. The van der Waals surface area contributed by atoms with E-state index in [2.05, 4.69) is 10.1 Å². The van der Waals surface area contributed by atoms with Gasteiger partial charge >= 0.3 is 0 Å². The smallest absolute Gasteiger partial charge is 0.244 e. The summed E-state index contributed by atoms with van der Waals surface area (Å²) in [5, 5.41) is 14.7. The molecule has 1 fully saturated rings. The van der Waals surface area contributed by atoms with Crippen LogP contribution in [0.5, 0.6) is 0 Å². The lowest BCUT2D eigenvalue weighted by molar-refractivity contribution is -0.142. The molecule has 1 N–H and O–H groups in total. The standard InChI is InChI=1S/C19H25BFN3O3/c1-3-24(18(25)19(2,20)26)11-10-23-8-6-13(7-9-23)17-15-5-4-14(21)12-16(15)27-22-17/h4-5,12-13,26H,3,6-11H2,1-2H3. The highest BCUT2D eigenvalue weighted by atomic mass is 19.1. The van der Waals surface area contributed by atoms with E-state index >= 15 is 0 Å². The fraction of sp³-hybridized carbons (Fsp3) is 0.579. The first-order valence-electron chi connectivity index (χ1n) is 9.37. The van der Waals surface area contributed by atoms with Gasteiger partial charge in [-0.1, -0.05) is 5.16 Å². The van der Waals surface area contributed by atoms with Crippen molar-refractivity contribution in [1.29, 1.82) is 0 Å². The Kier molecular flexibility index (Phi) is 5.86. The van der Waals surface area contributed by atoms with Crippen LogP contribution in [0.15, 0.2) is 22.7 Å². The van der Waals surface area contributed by atoms with Gasteiger partial charge in [0.05, 0.1) is 11.2 Å². The van der Waals surface area contributed by atoms with Crippen molar-refractivity contribution in [3.05, 3.63) is 29.7 Å². The van der Waals surface area contributed by atoms with Gasteiger partial charge in [-0.15, -0.1) is 0 Å². The molecule has 1 unspecified atom stereocenters. The molecule has 2 aromatic rings. The second-order valence-electron chi connectivity index (χ2n) is 7.36. The Morgan fingerprint density at radius 2 is 2.19 bits per heavy atom. The van der Waals surface area contributed by atoms with Crippen LogP contribution in [0.25, 0.3) is 11.0 Å². The molecule has 1 aliphatic heterocycles. The van der Waals surface area contributed by atoms with E-state index in [9.17, 15) is 14.3 Å². The molecule has 0 saturated carbocycles. The lowest BCUT2D eigenvalue weighted by Gasteiger charge is -2.34. The maximum Gasteiger partial charge on any atom is 0.244 e. The average molecular weight is 373 g/mol. The summed E-state index contributed by atoms with van der Waals surface area (Å²) in [7, 11) is 5.50. The molecule has 0 bridgehead atoms. The van der Waals surface area contributed by atoms with Crippen molar-refractivity contribution >= 4 is 24.7 Å². The zero-order chi connectivity index (χ0) is 19.6. The van der Waals surface area contributed by atoms with E-state index in [-0.39, 0.29) is 11.7 Å². The second kappa shape index (κ2) is 7.98. The van der Waals surface area contributed by atoms with Crippen molar-refractivity contribution in [2.24, 2.45) is 0 Å². The van der Waals surface area contributed by atoms with Gasteiger partial charge in [-0.25, -0.2) is 4.39 Å². The molecule has 2 radical (unpaired) electrons. The summed E-state index contributed by atoms with van der Waals surface area (Å²) >= 11 is 0. The summed E-state index contributed by atoms with van der Waals surface area (Å²) in [5.74, 6) is -0.505. The van der Waals surface area contributed by atoms with Crippen LogP contribution in [0, 0.1) is 5.82 Å². The summed E-state index contributed by atoms with van der Waals surface area (Å²) in [5.41, 5.74) is -0.455. The SMILES string of the molecule is [B]C(C)(O)C(=O)N(CC)CCN1CCC(c2noc3cc(F)ccc23)CC1. The number of amides is 1. The van der Waals surface area contributed by atoms with Gasteiger partial charge in [0.2, 0.25) is 5.91 Å². The number of likely N-dealkylation sites (N-methyl/N-ethyl adjacent to an activating group) is 1. The fourth-order valence-electron chi connectivity index (χ4n) is 3.64. The average Bonchev–Trinajstić information content (AvgIpc) is 3.04. The molecule has 0 aliphatic carbocycles. The Morgan fingerprint density at radius 1 is 1.48 bits per heavy atom. The number of aliphatic hydroxyl groups is 1. The predicted octanol–water partition coefficient (Wildman–Crippen LogP) is 1.87. The van der Waals surface area contributed by atoms with Crippen molar-refractivity contribution in [3.8, 4) is 0 Å². The molecule has 1 aromatic carbocycles. The number of halogens is 1. The molecule has 1 amide bonds. The van der Waals surface area contributed by atoms with Crippen LogP contribution in [0.3, 0.4) is 0 Å². The van der Waals surface area contributed by atoms with E-state index in [1.165, 1.54) is 19.1 Å². The van der Waals surface area contributed by atoms with Crippen LogP contribution >= 0.6 is 0 Å². The van der Waals surface area contributed by atoms with E-state index in [0.29, 0.717) is 18.7 Å². The number of hydrogen-bond donors (Lipinski definition) is 1. The van der Waals surface area contributed by atoms with Crippen LogP contribution < -0.4 is 0 Å². The van der Waals surface area contributed by atoms with E-state index < -0.39 is 11.4 Å². The second-order valence-corrected chi connectivity index (χ2v) is 7.36. The molecular formula is C19H25BFN3O3. The molecule has 3 rings (SSSR count). The third-order valence-electron chi connectivity index (χ3n) is 5.22. The van der Waals surface area contributed by atoms with E-state index in [0.717, 1.165) is 43.6 Å². The minimum atomic E-state index is -1.84. The summed E-state index contributed by atoms with van der Waals surface area (Å²) in [6.45, 7) is 6.69. The number of carbonyl (C=O) groups excluding carboxylic acids is 1. The van der Waals surface area contributed by atoms with Crippen LogP contribution in [0.1, 0.15) is 38.3 Å². The molecule has 6 nitrogen and oxygen atoms in total. The van der Waals surface area contributed by atoms with E-state index in [1.54, 1.807) is 11.0 Å². The highest BCUT2D eigenvalue weighted by molar-refractivity contribution is 6.26. The number of carbonyl (C=O) groups is 1. The van der Waals surface area contributed by atoms with E-state index in [4.69, 9.17) is 12.4 Å². The lowest BCUT2D eigenvalue weighted by Crippen LogP contribution is -2.50. The van der Waals surface area contributed by atoms with Crippen LogP contribution in [-0.4, -0.2) is 72.0 Å². The molecule has 144 valence electrons. The van der Waals surface area contributed by atoms with Crippen LogP contribution in [-0.2, 0) is 4.79 Å². The van der Waals surface area contributed by atoms with Gasteiger partial charge in [-0.3, -0.25) is 4.79 Å². The number of nitrogens with zero attached hydrogens (tertiary/aromatic N) is 3. The van der Waals surface area contributed by atoms with Gasteiger partial charge in [0.1, 0.15) is 13.7 Å². The van der Waals surface area contributed by atoms with Gasteiger partial charge in [0, 0.05) is 37.0 Å². The first-order chi connectivity index (χ1) is 12.8. The zero-order valence-corrected chi connectivity index (χ0v) is 15.8. The number of aromatic nitrogens is 1. The van der Waals surface area contributed by atoms with Gasteiger partial charge < -0.3 is 19.4 Å². The number of benzene rings is 1. The van der Waals surface area contributed by atoms with E-state index in [1.807, 2.05) is 6.92 Å². The molecule has 1 aromatic heterocycles. The Labute approximate surface area is 159 Å². The number of likely N-dealkylation sites (tertiary alicyclic amines) is 1. The lowest BCUT2D eigenvalue weighted by atomic mass is 9.82. The number of fused-ring (bicyclic) bond motifs is 1. The maximum absolute atomic E-state index is 13.3. The van der Waals surface area contributed by atoms with Gasteiger partial charge in [0.25, 0.3) is 0 Å². The third kappa shape index (κ3) is 4.50. The quantitative estimate of drug-likeness (QED) is 0.783. The maximum atomic E-state index is 13.3. The molecule has 8 heteroatoms. The first kappa shape index (κ1) is 19.8. The van der Waals surface area contributed by atoms with Gasteiger partial charge in [-0.05, 0) is 51.9 Å². The van der Waals surface area contributed by atoms with Crippen molar-refractivity contribution in [1.82, 2.24) is 15.0 Å². The van der Waals surface area contributed by atoms with Crippen LogP contribution in [0.4, 0.5) is 4.39 Å². The fourth-order valence-corrected chi connectivity index (χ4v) is 3.64. The summed E-state index contributed by atoms with van der Waals surface area (Å²) in [6.07, 6.45) is 1.85. The van der Waals surface area contributed by atoms with Gasteiger partial charge in [-0.2, -0.15) is 0 Å². The highest BCUT2D eigenvalue weighted by Gasteiger charge is 2.29. The largest absolute Gasteiger partial charge is 0.391 e. The van der Waals surface area contributed by atoms with Crippen LogP contribution in [0.2, 0.25) is 0 Å². The van der Waals surface area contributed by atoms with Crippen molar-refractivity contribution in [3.63, 3.8) is 0 Å². The third-order valence-corrected chi connectivity index (χ3v) is 5.22. The first-order valence-corrected chi connectivity index (χ1v) is 9.37. The number of rotatable bonds is 6. The summed E-state index contributed by atoms with van der Waals surface area (Å²) in [4.78, 5) is 16.0. The molecule has 2 heterocycles. The Morgan fingerprint density at radius 3 is 2.81 bits per heavy atom. The van der Waals surface area contributed by atoms with Gasteiger partial charge in [0.15, 0.2) is 5.58 Å². The zero-order valence-electron chi connectivity index (χ0n) is 15.8. The van der Waals surface area contributed by atoms with Crippen molar-refractivity contribution in [2.75, 3.05) is 32.7 Å². The summed E-state index contributed by atoms with van der Waals surface area (Å²) in [6, 6.07) is 4.52. The van der Waals surface area contributed by atoms with Crippen molar-refractivity contribution in [2.45, 2.75) is 38.1 Å². The number of hydrogen-bond acceptors (Lipinski definition) is 5. The minimum absolute atomic E-state index is 0.279. The Hall–Kier alpha value is -1.93. The Bertz CT molecular complexity index is 797. The predicted molar refractivity (Wildman–Crippen MR) is 101 cm³/mol. The highest BCUT2D eigenvalue weighted by Crippen LogP contribution is 2.32.